The molecule has 10 rings (SSSR count). The van der Waals surface area contributed by atoms with E-state index in [9.17, 15) is 0 Å². The highest BCUT2D eigenvalue weighted by molar-refractivity contribution is 6.21. The fourth-order valence-corrected chi connectivity index (χ4v) is 7.17. The van der Waals surface area contributed by atoms with Gasteiger partial charge in [0.1, 0.15) is 22.3 Å². The minimum absolute atomic E-state index is 0.660. The summed E-state index contributed by atoms with van der Waals surface area (Å²) in [4.78, 5) is 10.3. The number of rotatable bonds is 5. The highest BCUT2D eigenvalue weighted by Crippen LogP contribution is 2.45. The largest absolute Gasteiger partial charge is 0.456 e. The van der Waals surface area contributed by atoms with E-state index in [1.807, 2.05) is 54.6 Å². The first-order chi connectivity index (χ1) is 24.8. The summed E-state index contributed by atoms with van der Waals surface area (Å²) in [6, 6.07) is 58.3. The fraction of sp³-hybridized carbons (Fsp3) is 0. The molecule has 10 aromatic rings. The van der Waals surface area contributed by atoms with Crippen LogP contribution in [0.4, 0.5) is 0 Å². The van der Waals surface area contributed by atoms with E-state index in [-0.39, 0.29) is 0 Å². The summed E-state index contributed by atoms with van der Waals surface area (Å²) in [5.74, 6) is 0.660. The Morgan fingerprint density at radius 3 is 1.64 bits per heavy atom. The second-order valence-electron chi connectivity index (χ2n) is 12.5. The molecule has 0 saturated heterocycles. The van der Waals surface area contributed by atoms with E-state index in [0.29, 0.717) is 5.82 Å². The summed E-state index contributed by atoms with van der Waals surface area (Å²) < 4.78 is 13.0. The first-order valence-electron chi connectivity index (χ1n) is 16.7. The van der Waals surface area contributed by atoms with E-state index in [2.05, 4.69) is 115 Å². The standard InChI is InChI=1S/C46H28N2O2/c1-3-12-29(13-4-1)30-22-24-31(25-23-30)38-28-39(48-46(47-38)32-14-5-2-6-15-32)35-27-26-34(44-37-17-8-10-20-41(37)50-45(35)44)33-18-11-21-42-43(33)36-16-7-9-19-40(36)49-42/h1-28H. The van der Waals surface area contributed by atoms with Crippen LogP contribution in [0.3, 0.4) is 0 Å². The molecule has 0 spiro atoms. The van der Waals surface area contributed by atoms with E-state index in [4.69, 9.17) is 18.8 Å². The van der Waals surface area contributed by atoms with E-state index in [1.165, 1.54) is 5.56 Å². The van der Waals surface area contributed by atoms with Crippen molar-refractivity contribution in [3.63, 3.8) is 0 Å². The Hall–Kier alpha value is -6.78. The molecule has 0 amide bonds. The van der Waals surface area contributed by atoms with Crippen LogP contribution in [0.15, 0.2) is 179 Å². The summed E-state index contributed by atoms with van der Waals surface area (Å²) in [7, 11) is 0. The Morgan fingerprint density at radius 2 is 0.880 bits per heavy atom. The van der Waals surface area contributed by atoms with Gasteiger partial charge < -0.3 is 8.83 Å². The highest BCUT2D eigenvalue weighted by Gasteiger charge is 2.22. The van der Waals surface area contributed by atoms with Crippen LogP contribution in [0.2, 0.25) is 0 Å². The van der Waals surface area contributed by atoms with Crippen LogP contribution in [0.5, 0.6) is 0 Å². The molecule has 4 heteroatoms. The van der Waals surface area contributed by atoms with Crippen LogP contribution in [0, 0.1) is 0 Å². The van der Waals surface area contributed by atoms with Gasteiger partial charge in [-0.25, -0.2) is 9.97 Å². The summed E-state index contributed by atoms with van der Waals surface area (Å²) in [5, 5.41) is 4.29. The third kappa shape index (κ3) is 4.61. The van der Waals surface area contributed by atoms with Crippen molar-refractivity contribution in [3.8, 4) is 56.2 Å². The minimum atomic E-state index is 0.660. The average Bonchev–Trinajstić information content (AvgIpc) is 3.77. The summed E-state index contributed by atoms with van der Waals surface area (Å²) in [5.41, 5.74) is 12.4. The summed E-state index contributed by atoms with van der Waals surface area (Å²) in [6.07, 6.45) is 0. The molecule has 0 aliphatic carbocycles. The van der Waals surface area contributed by atoms with Crippen molar-refractivity contribution >= 4 is 43.9 Å². The van der Waals surface area contributed by atoms with Gasteiger partial charge in [0.15, 0.2) is 5.82 Å². The Balaban J connectivity index is 1.21. The monoisotopic (exact) mass is 640 g/mol. The number of para-hydroxylation sites is 2. The van der Waals surface area contributed by atoms with Gasteiger partial charge in [0.05, 0.1) is 11.4 Å². The van der Waals surface area contributed by atoms with E-state index >= 15 is 0 Å². The minimum Gasteiger partial charge on any atom is -0.456 e. The number of hydrogen-bond donors (Lipinski definition) is 0. The third-order valence-electron chi connectivity index (χ3n) is 9.54. The molecule has 3 heterocycles. The van der Waals surface area contributed by atoms with Gasteiger partial charge in [-0.2, -0.15) is 0 Å². The quantitative estimate of drug-likeness (QED) is 0.188. The molecule has 0 unspecified atom stereocenters. The molecule has 0 atom stereocenters. The van der Waals surface area contributed by atoms with Crippen molar-refractivity contribution in [1.82, 2.24) is 9.97 Å². The Morgan fingerprint density at radius 1 is 0.340 bits per heavy atom. The smallest absolute Gasteiger partial charge is 0.160 e. The molecule has 0 radical (unpaired) electrons. The first-order valence-corrected chi connectivity index (χ1v) is 16.7. The summed E-state index contributed by atoms with van der Waals surface area (Å²) >= 11 is 0. The van der Waals surface area contributed by atoms with Crippen LogP contribution in [0.25, 0.3) is 100 Å². The molecule has 0 aliphatic rings. The lowest BCUT2D eigenvalue weighted by Crippen LogP contribution is -1.96. The normalized spacial score (nSPS) is 11.6. The van der Waals surface area contributed by atoms with Gasteiger partial charge in [0.25, 0.3) is 0 Å². The molecule has 0 bridgehead atoms. The number of aromatic nitrogens is 2. The van der Waals surface area contributed by atoms with Gasteiger partial charge in [-0.05, 0) is 52.6 Å². The van der Waals surface area contributed by atoms with Crippen molar-refractivity contribution < 1.29 is 8.83 Å². The van der Waals surface area contributed by atoms with Gasteiger partial charge in [-0.1, -0.05) is 140 Å². The van der Waals surface area contributed by atoms with Crippen molar-refractivity contribution in [1.29, 1.82) is 0 Å². The molecular weight excluding hydrogens is 613 g/mol. The molecule has 4 nitrogen and oxygen atoms in total. The van der Waals surface area contributed by atoms with Crippen LogP contribution < -0.4 is 0 Å². The van der Waals surface area contributed by atoms with Gasteiger partial charge in [-0.3, -0.25) is 0 Å². The number of benzene rings is 7. The van der Waals surface area contributed by atoms with Crippen molar-refractivity contribution in [2.24, 2.45) is 0 Å². The lowest BCUT2D eigenvalue weighted by molar-refractivity contribution is 0.668. The third-order valence-corrected chi connectivity index (χ3v) is 9.54. The van der Waals surface area contributed by atoms with Crippen LogP contribution >= 0.6 is 0 Å². The van der Waals surface area contributed by atoms with Gasteiger partial charge in [-0.15, -0.1) is 0 Å². The van der Waals surface area contributed by atoms with Gasteiger partial charge in [0, 0.05) is 38.2 Å². The maximum absolute atomic E-state index is 6.75. The molecular formula is C46H28N2O2. The molecule has 7 aromatic carbocycles. The van der Waals surface area contributed by atoms with Crippen LogP contribution in [0.1, 0.15) is 0 Å². The molecule has 0 fully saturated rings. The zero-order chi connectivity index (χ0) is 33.0. The number of furan rings is 2. The van der Waals surface area contributed by atoms with Gasteiger partial charge >= 0.3 is 0 Å². The molecule has 0 N–H and O–H groups in total. The van der Waals surface area contributed by atoms with E-state index < -0.39 is 0 Å². The average molecular weight is 641 g/mol. The van der Waals surface area contributed by atoms with E-state index in [0.717, 1.165) is 88.6 Å². The zero-order valence-electron chi connectivity index (χ0n) is 26.9. The van der Waals surface area contributed by atoms with Crippen molar-refractivity contribution in [2.75, 3.05) is 0 Å². The SMILES string of the molecule is c1ccc(-c2ccc(-c3cc(-c4ccc(-c5cccc6oc7ccccc7c56)c5c4oc4ccccc45)nc(-c4ccccc4)n3)cc2)cc1. The van der Waals surface area contributed by atoms with Crippen LogP contribution in [-0.4, -0.2) is 9.97 Å². The lowest BCUT2D eigenvalue weighted by atomic mass is 9.93. The number of nitrogens with zero attached hydrogens (tertiary/aromatic N) is 2. The Kier molecular flexibility index (Phi) is 6.46. The molecule has 50 heavy (non-hydrogen) atoms. The van der Waals surface area contributed by atoms with Crippen molar-refractivity contribution in [3.05, 3.63) is 170 Å². The second kappa shape index (κ2) is 11.4. The van der Waals surface area contributed by atoms with Gasteiger partial charge in [0.2, 0.25) is 0 Å². The second-order valence-corrected chi connectivity index (χ2v) is 12.5. The first kappa shape index (κ1) is 28.3. The van der Waals surface area contributed by atoms with Crippen LogP contribution in [-0.2, 0) is 0 Å². The molecule has 3 aromatic heterocycles. The molecule has 0 saturated carbocycles. The Bertz CT molecular complexity index is 2850. The zero-order valence-corrected chi connectivity index (χ0v) is 26.9. The fourth-order valence-electron chi connectivity index (χ4n) is 7.17. The Labute approximate surface area is 287 Å². The topological polar surface area (TPSA) is 52.1 Å². The lowest BCUT2D eigenvalue weighted by Gasteiger charge is -2.12. The van der Waals surface area contributed by atoms with Crippen molar-refractivity contribution in [2.45, 2.75) is 0 Å². The predicted molar refractivity (Wildman–Crippen MR) is 204 cm³/mol. The predicted octanol–water partition coefficient (Wildman–Crippen LogP) is 12.6. The van der Waals surface area contributed by atoms with E-state index in [1.54, 1.807) is 0 Å². The summed E-state index contributed by atoms with van der Waals surface area (Å²) in [6.45, 7) is 0. The maximum Gasteiger partial charge on any atom is 0.160 e. The molecule has 234 valence electrons. The highest BCUT2D eigenvalue weighted by atomic mass is 16.3. The number of fused-ring (bicyclic) bond motifs is 6. The maximum atomic E-state index is 6.75. The number of hydrogen-bond acceptors (Lipinski definition) is 4. The molecule has 0 aliphatic heterocycles.